The first-order valence-electron chi connectivity index (χ1n) is 6.93. The van der Waals surface area contributed by atoms with Crippen molar-refractivity contribution in [3.63, 3.8) is 0 Å². The summed E-state index contributed by atoms with van der Waals surface area (Å²) >= 11 is 0. The molecule has 2 heteroatoms. The standard InChI is InChI=1S/C16H28O2/c1-6-12-17-16(18-13-7-2)10-8-14(9-11-16)15(3,4)5/h6-7,14H,1-2,8-13H2,3-5H3. The van der Waals surface area contributed by atoms with Gasteiger partial charge >= 0.3 is 0 Å². The van der Waals surface area contributed by atoms with E-state index in [1.807, 2.05) is 0 Å². The lowest BCUT2D eigenvalue weighted by Crippen LogP contribution is -2.42. The van der Waals surface area contributed by atoms with Crippen LogP contribution in [0.5, 0.6) is 0 Å². The maximum atomic E-state index is 5.89. The second kappa shape index (κ2) is 6.53. The Morgan fingerprint density at radius 3 is 1.83 bits per heavy atom. The molecule has 0 aromatic heterocycles. The van der Waals surface area contributed by atoms with Crippen LogP contribution in [0.25, 0.3) is 0 Å². The molecular formula is C16H28O2. The molecule has 0 radical (unpaired) electrons. The Hall–Kier alpha value is -0.600. The zero-order valence-electron chi connectivity index (χ0n) is 12.2. The minimum atomic E-state index is -0.413. The molecule has 0 saturated heterocycles. The monoisotopic (exact) mass is 252 g/mol. The predicted molar refractivity (Wildman–Crippen MR) is 76.4 cm³/mol. The fourth-order valence-corrected chi connectivity index (χ4v) is 2.68. The molecule has 0 unspecified atom stereocenters. The van der Waals surface area contributed by atoms with Gasteiger partial charge in [0.15, 0.2) is 5.79 Å². The van der Waals surface area contributed by atoms with Crippen molar-refractivity contribution in [3.05, 3.63) is 25.3 Å². The van der Waals surface area contributed by atoms with Crippen molar-refractivity contribution >= 4 is 0 Å². The van der Waals surface area contributed by atoms with Crippen LogP contribution >= 0.6 is 0 Å². The van der Waals surface area contributed by atoms with Crippen LogP contribution in [0.15, 0.2) is 25.3 Å². The molecule has 0 bridgehead atoms. The lowest BCUT2D eigenvalue weighted by molar-refractivity contribution is -0.248. The minimum absolute atomic E-state index is 0.378. The van der Waals surface area contributed by atoms with Crippen molar-refractivity contribution in [1.82, 2.24) is 0 Å². The van der Waals surface area contributed by atoms with Crippen LogP contribution in [0, 0.1) is 11.3 Å². The third kappa shape index (κ3) is 4.25. The summed E-state index contributed by atoms with van der Waals surface area (Å²) in [6, 6.07) is 0. The summed E-state index contributed by atoms with van der Waals surface area (Å²) in [6.45, 7) is 15.5. The average Bonchev–Trinajstić information content (AvgIpc) is 2.33. The predicted octanol–water partition coefficient (Wildman–Crippen LogP) is 4.32. The fourth-order valence-electron chi connectivity index (χ4n) is 2.68. The zero-order chi connectivity index (χ0) is 13.6. The Morgan fingerprint density at radius 2 is 1.50 bits per heavy atom. The van der Waals surface area contributed by atoms with Gasteiger partial charge in [0.25, 0.3) is 0 Å². The van der Waals surface area contributed by atoms with E-state index >= 15 is 0 Å². The summed E-state index contributed by atoms with van der Waals surface area (Å²) in [5, 5.41) is 0. The molecular weight excluding hydrogens is 224 g/mol. The largest absolute Gasteiger partial charge is 0.346 e. The van der Waals surface area contributed by atoms with Crippen LogP contribution in [-0.2, 0) is 9.47 Å². The molecule has 0 aromatic rings. The number of ether oxygens (including phenoxy) is 2. The molecule has 1 aliphatic rings. The summed E-state index contributed by atoms with van der Waals surface area (Å²) in [4.78, 5) is 0. The smallest absolute Gasteiger partial charge is 0.169 e. The van der Waals surface area contributed by atoms with Crippen molar-refractivity contribution in [3.8, 4) is 0 Å². The van der Waals surface area contributed by atoms with E-state index < -0.39 is 5.79 Å². The highest BCUT2D eigenvalue weighted by atomic mass is 16.7. The number of hydrogen-bond acceptors (Lipinski definition) is 2. The first-order chi connectivity index (χ1) is 8.43. The van der Waals surface area contributed by atoms with E-state index in [2.05, 4.69) is 33.9 Å². The lowest BCUT2D eigenvalue weighted by Gasteiger charge is -2.43. The second-order valence-electron chi connectivity index (χ2n) is 6.25. The summed E-state index contributed by atoms with van der Waals surface area (Å²) in [6.07, 6.45) is 7.84. The van der Waals surface area contributed by atoms with E-state index in [0.29, 0.717) is 18.6 Å². The van der Waals surface area contributed by atoms with Gasteiger partial charge < -0.3 is 9.47 Å². The van der Waals surface area contributed by atoms with E-state index in [-0.39, 0.29) is 0 Å². The van der Waals surface area contributed by atoms with Crippen LogP contribution in [0.1, 0.15) is 46.5 Å². The van der Waals surface area contributed by atoms with Crippen LogP contribution in [0.4, 0.5) is 0 Å². The molecule has 0 aliphatic heterocycles. The van der Waals surface area contributed by atoms with Gasteiger partial charge in [-0.1, -0.05) is 32.9 Å². The molecule has 0 N–H and O–H groups in total. The zero-order valence-corrected chi connectivity index (χ0v) is 12.2. The van der Waals surface area contributed by atoms with E-state index in [0.717, 1.165) is 31.6 Å². The van der Waals surface area contributed by atoms with Crippen molar-refractivity contribution in [2.75, 3.05) is 13.2 Å². The molecule has 1 aliphatic carbocycles. The molecule has 0 amide bonds. The molecule has 18 heavy (non-hydrogen) atoms. The maximum absolute atomic E-state index is 5.89. The SMILES string of the molecule is C=CCOC1(OCC=C)CCC(C(C)(C)C)CC1. The quantitative estimate of drug-likeness (QED) is 0.517. The normalized spacial score (nSPS) is 20.6. The van der Waals surface area contributed by atoms with Gasteiger partial charge in [-0.3, -0.25) is 0 Å². The van der Waals surface area contributed by atoms with E-state index in [1.54, 1.807) is 12.2 Å². The topological polar surface area (TPSA) is 18.5 Å². The summed E-state index contributed by atoms with van der Waals surface area (Å²) < 4.78 is 11.8. The molecule has 0 spiro atoms. The van der Waals surface area contributed by atoms with Gasteiger partial charge in [-0.25, -0.2) is 0 Å². The molecule has 2 nitrogen and oxygen atoms in total. The van der Waals surface area contributed by atoms with Crippen molar-refractivity contribution in [2.45, 2.75) is 52.2 Å². The van der Waals surface area contributed by atoms with Gasteiger partial charge in [-0.15, -0.1) is 13.2 Å². The molecule has 104 valence electrons. The fraction of sp³-hybridized carbons (Fsp3) is 0.750. The van der Waals surface area contributed by atoms with Gasteiger partial charge in [0.1, 0.15) is 0 Å². The first-order valence-corrected chi connectivity index (χ1v) is 6.93. The minimum Gasteiger partial charge on any atom is -0.346 e. The Kier molecular flexibility index (Phi) is 5.61. The summed E-state index contributed by atoms with van der Waals surface area (Å²) in [5.41, 5.74) is 0.378. The Morgan fingerprint density at radius 1 is 1.06 bits per heavy atom. The van der Waals surface area contributed by atoms with Crippen LogP contribution in [-0.4, -0.2) is 19.0 Å². The van der Waals surface area contributed by atoms with E-state index in [4.69, 9.17) is 9.47 Å². The Balaban J connectivity index is 2.60. The van der Waals surface area contributed by atoms with Crippen molar-refractivity contribution in [1.29, 1.82) is 0 Å². The third-order valence-electron chi connectivity index (χ3n) is 3.90. The van der Waals surface area contributed by atoms with Gasteiger partial charge in [-0.05, 0) is 24.2 Å². The summed E-state index contributed by atoms with van der Waals surface area (Å²) in [5.74, 6) is 0.342. The van der Waals surface area contributed by atoms with Crippen molar-refractivity contribution < 1.29 is 9.47 Å². The molecule has 1 saturated carbocycles. The Bertz CT molecular complexity index is 253. The number of hydrogen-bond donors (Lipinski definition) is 0. The molecule has 1 rings (SSSR count). The van der Waals surface area contributed by atoms with Gasteiger partial charge in [0.05, 0.1) is 13.2 Å². The highest BCUT2D eigenvalue weighted by Gasteiger charge is 2.40. The third-order valence-corrected chi connectivity index (χ3v) is 3.90. The highest BCUT2D eigenvalue weighted by molar-refractivity contribution is 4.87. The van der Waals surface area contributed by atoms with Crippen molar-refractivity contribution in [2.24, 2.45) is 11.3 Å². The van der Waals surface area contributed by atoms with Crippen LogP contribution in [0.3, 0.4) is 0 Å². The van der Waals surface area contributed by atoms with Gasteiger partial charge in [-0.2, -0.15) is 0 Å². The van der Waals surface area contributed by atoms with Crippen LogP contribution < -0.4 is 0 Å². The highest BCUT2D eigenvalue weighted by Crippen LogP contribution is 2.43. The number of rotatable bonds is 6. The van der Waals surface area contributed by atoms with Crippen LogP contribution in [0.2, 0.25) is 0 Å². The Labute approximate surface area is 112 Å². The van der Waals surface area contributed by atoms with Gasteiger partial charge in [0, 0.05) is 12.8 Å². The molecule has 0 heterocycles. The van der Waals surface area contributed by atoms with E-state index in [1.165, 1.54) is 0 Å². The lowest BCUT2D eigenvalue weighted by atomic mass is 9.71. The maximum Gasteiger partial charge on any atom is 0.169 e. The summed E-state index contributed by atoms with van der Waals surface area (Å²) in [7, 11) is 0. The van der Waals surface area contributed by atoms with Gasteiger partial charge in [0.2, 0.25) is 0 Å². The molecule has 0 aromatic carbocycles. The first kappa shape index (κ1) is 15.5. The average molecular weight is 252 g/mol. The molecule has 0 atom stereocenters. The second-order valence-corrected chi connectivity index (χ2v) is 6.25. The molecule has 1 fully saturated rings. The van der Waals surface area contributed by atoms with E-state index in [9.17, 15) is 0 Å².